The van der Waals surface area contributed by atoms with Gasteiger partial charge in [0.1, 0.15) is 18.8 Å². The van der Waals surface area contributed by atoms with Gasteiger partial charge in [-0.05, 0) is 55.7 Å². The maximum absolute atomic E-state index is 12.7. The summed E-state index contributed by atoms with van der Waals surface area (Å²) < 4.78 is 11.3. The molecule has 2 heterocycles. The fraction of sp³-hybridized carbons (Fsp3) is 0.609. The van der Waals surface area contributed by atoms with Crippen molar-refractivity contribution in [3.8, 4) is 11.5 Å². The molecule has 1 spiro atoms. The molecular weight excluding hydrogens is 398 g/mol. The third kappa shape index (κ3) is 3.95. The Hall–Kier alpha value is -2.77. The van der Waals surface area contributed by atoms with Crippen molar-refractivity contribution in [3.05, 3.63) is 23.8 Å². The number of hydrogen-bond donors (Lipinski definition) is 2. The van der Waals surface area contributed by atoms with E-state index >= 15 is 0 Å². The van der Waals surface area contributed by atoms with Gasteiger partial charge in [0.05, 0.1) is 6.04 Å². The maximum atomic E-state index is 12.7. The summed E-state index contributed by atoms with van der Waals surface area (Å²) in [6.45, 7) is 1.35. The minimum atomic E-state index is -0.686. The molecule has 8 nitrogen and oxygen atoms in total. The number of fused-ring (bicyclic) bond motifs is 1. The minimum Gasteiger partial charge on any atom is -0.486 e. The average molecular weight is 428 g/mol. The Kier molecular flexibility index (Phi) is 5.24. The molecule has 0 bridgehead atoms. The Labute approximate surface area is 181 Å². The molecule has 1 saturated heterocycles. The first-order chi connectivity index (χ1) is 15.1. The van der Waals surface area contributed by atoms with Crippen molar-refractivity contribution in [2.75, 3.05) is 19.8 Å². The Bertz CT molecular complexity index is 891. The van der Waals surface area contributed by atoms with Crippen LogP contribution in [0.3, 0.4) is 0 Å². The molecule has 5 rings (SSSR count). The number of hydrogen-bond acceptors (Lipinski definition) is 5. The van der Waals surface area contributed by atoms with Gasteiger partial charge in [-0.25, -0.2) is 4.79 Å². The van der Waals surface area contributed by atoms with Gasteiger partial charge in [-0.15, -0.1) is 0 Å². The quantitative estimate of drug-likeness (QED) is 0.652. The zero-order valence-electron chi connectivity index (χ0n) is 17.7. The second kappa shape index (κ2) is 8.05. The van der Waals surface area contributed by atoms with Gasteiger partial charge in [0, 0.05) is 13.0 Å². The fourth-order valence-electron chi connectivity index (χ4n) is 5.00. The monoisotopic (exact) mass is 427 g/mol. The third-order valence-corrected chi connectivity index (χ3v) is 6.82. The van der Waals surface area contributed by atoms with Crippen LogP contribution in [0, 0.1) is 5.92 Å². The molecule has 2 N–H and O–H groups in total. The van der Waals surface area contributed by atoms with E-state index in [4.69, 9.17) is 9.47 Å². The van der Waals surface area contributed by atoms with Gasteiger partial charge in [0.2, 0.25) is 5.91 Å². The Morgan fingerprint density at radius 1 is 1.16 bits per heavy atom. The SMILES string of the molecule is O=C(CCCN1C(=O)NC2(CCCC2)C1=O)NC(c1ccc2c(c1)OCCO2)C1CC1. The van der Waals surface area contributed by atoms with Crippen LogP contribution in [-0.4, -0.2) is 48.0 Å². The maximum Gasteiger partial charge on any atom is 0.325 e. The van der Waals surface area contributed by atoms with E-state index in [9.17, 15) is 14.4 Å². The molecule has 2 aliphatic carbocycles. The number of amides is 4. The zero-order chi connectivity index (χ0) is 21.4. The molecular formula is C23H29N3O5. The highest BCUT2D eigenvalue weighted by Gasteiger charge is 2.52. The van der Waals surface area contributed by atoms with Gasteiger partial charge in [-0.3, -0.25) is 14.5 Å². The summed E-state index contributed by atoms with van der Waals surface area (Å²) in [6, 6.07) is 5.49. The molecule has 1 aromatic rings. The topological polar surface area (TPSA) is 97.0 Å². The normalized spacial score (nSPS) is 22.5. The summed E-state index contributed by atoms with van der Waals surface area (Å²) in [5, 5.41) is 6.04. The molecule has 8 heteroatoms. The van der Waals surface area contributed by atoms with E-state index in [-0.39, 0.29) is 36.9 Å². The lowest BCUT2D eigenvalue weighted by Gasteiger charge is -2.23. The van der Waals surface area contributed by atoms with Gasteiger partial charge in [-0.1, -0.05) is 18.9 Å². The van der Waals surface area contributed by atoms with Crippen LogP contribution in [0.4, 0.5) is 4.79 Å². The van der Waals surface area contributed by atoms with Gasteiger partial charge in [-0.2, -0.15) is 0 Å². The van der Waals surface area contributed by atoms with Crippen molar-refractivity contribution in [2.45, 2.75) is 62.9 Å². The second-order valence-corrected chi connectivity index (χ2v) is 9.07. The fourth-order valence-corrected chi connectivity index (χ4v) is 5.00. The van der Waals surface area contributed by atoms with Crippen LogP contribution in [0.1, 0.15) is 63.0 Å². The molecule has 1 atom stereocenters. The highest BCUT2D eigenvalue weighted by molar-refractivity contribution is 6.07. The predicted molar refractivity (Wildman–Crippen MR) is 112 cm³/mol. The average Bonchev–Trinajstić information content (AvgIpc) is 3.46. The summed E-state index contributed by atoms with van der Waals surface area (Å²) in [5.41, 5.74) is 0.339. The number of ether oxygens (including phenoxy) is 2. The van der Waals surface area contributed by atoms with E-state index in [1.165, 1.54) is 4.90 Å². The predicted octanol–water partition coefficient (Wildman–Crippen LogP) is 2.67. The molecule has 4 aliphatic rings. The number of carbonyl (C=O) groups excluding carboxylic acids is 3. The Balaban J connectivity index is 1.16. The van der Waals surface area contributed by atoms with Crippen LogP contribution in [-0.2, 0) is 9.59 Å². The first kappa shape index (κ1) is 20.2. The molecule has 2 saturated carbocycles. The van der Waals surface area contributed by atoms with Crippen molar-refractivity contribution in [3.63, 3.8) is 0 Å². The number of benzene rings is 1. The van der Waals surface area contributed by atoms with E-state index in [1.807, 2.05) is 18.2 Å². The first-order valence-electron chi connectivity index (χ1n) is 11.4. The van der Waals surface area contributed by atoms with Crippen molar-refractivity contribution in [2.24, 2.45) is 5.92 Å². The van der Waals surface area contributed by atoms with Crippen molar-refractivity contribution < 1.29 is 23.9 Å². The number of carbonyl (C=O) groups is 3. The first-order valence-corrected chi connectivity index (χ1v) is 11.4. The van der Waals surface area contributed by atoms with Crippen molar-refractivity contribution >= 4 is 17.8 Å². The third-order valence-electron chi connectivity index (χ3n) is 6.82. The van der Waals surface area contributed by atoms with E-state index in [0.717, 1.165) is 42.7 Å². The lowest BCUT2D eigenvalue weighted by atomic mass is 9.98. The molecule has 31 heavy (non-hydrogen) atoms. The molecule has 3 fully saturated rings. The molecule has 4 amide bonds. The minimum absolute atomic E-state index is 0.0539. The highest BCUT2D eigenvalue weighted by atomic mass is 16.6. The molecule has 0 radical (unpaired) electrons. The smallest absolute Gasteiger partial charge is 0.325 e. The van der Waals surface area contributed by atoms with Crippen LogP contribution in [0.25, 0.3) is 0 Å². The number of nitrogens with one attached hydrogen (secondary N) is 2. The molecule has 0 aromatic heterocycles. The number of urea groups is 1. The zero-order valence-corrected chi connectivity index (χ0v) is 17.7. The summed E-state index contributed by atoms with van der Waals surface area (Å²) in [6.07, 6.45) is 6.26. The van der Waals surface area contributed by atoms with Crippen LogP contribution in [0.2, 0.25) is 0 Å². The summed E-state index contributed by atoms with van der Waals surface area (Å²) >= 11 is 0. The van der Waals surface area contributed by atoms with Crippen molar-refractivity contribution in [1.82, 2.24) is 15.5 Å². The summed E-state index contributed by atoms with van der Waals surface area (Å²) in [7, 11) is 0. The van der Waals surface area contributed by atoms with Gasteiger partial charge < -0.3 is 20.1 Å². The van der Waals surface area contributed by atoms with Crippen LogP contribution < -0.4 is 20.1 Å². The van der Waals surface area contributed by atoms with E-state index in [2.05, 4.69) is 10.6 Å². The van der Waals surface area contributed by atoms with Crippen LogP contribution >= 0.6 is 0 Å². The molecule has 166 valence electrons. The van der Waals surface area contributed by atoms with Crippen LogP contribution in [0.5, 0.6) is 11.5 Å². The standard InChI is InChI=1S/C23H29N3O5/c27-19(4-3-11-26-21(28)23(25-22(26)29)9-1-2-10-23)24-20(15-5-6-15)16-7-8-17-18(14-16)31-13-12-30-17/h7-8,14-15,20H,1-6,9-13H2,(H,24,27)(H,25,29). The van der Waals surface area contributed by atoms with E-state index < -0.39 is 5.54 Å². The second-order valence-electron chi connectivity index (χ2n) is 9.07. The van der Waals surface area contributed by atoms with Gasteiger partial charge in [0.15, 0.2) is 11.5 Å². The summed E-state index contributed by atoms with van der Waals surface area (Å²) in [4.78, 5) is 38.9. The number of rotatable bonds is 7. The Morgan fingerprint density at radius 2 is 1.90 bits per heavy atom. The van der Waals surface area contributed by atoms with Gasteiger partial charge in [0.25, 0.3) is 5.91 Å². The van der Waals surface area contributed by atoms with Crippen LogP contribution in [0.15, 0.2) is 18.2 Å². The number of nitrogens with zero attached hydrogens (tertiary/aromatic N) is 1. The number of imide groups is 1. The largest absolute Gasteiger partial charge is 0.486 e. The molecule has 2 aliphatic heterocycles. The summed E-state index contributed by atoms with van der Waals surface area (Å²) in [5.74, 6) is 1.71. The molecule has 1 unspecified atom stereocenters. The Morgan fingerprint density at radius 3 is 2.65 bits per heavy atom. The van der Waals surface area contributed by atoms with Gasteiger partial charge >= 0.3 is 6.03 Å². The lowest BCUT2D eigenvalue weighted by Crippen LogP contribution is -2.44. The van der Waals surface area contributed by atoms with Crippen molar-refractivity contribution in [1.29, 1.82) is 0 Å². The lowest BCUT2D eigenvalue weighted by molar-refractivity contribution is -0.131. The molecule has 1 aromatic carbocycles. The van der Waals surface area contributed by atoms with E-state index in [0.29, 0.717) is 38.4 Å². The highest BCUT2D eigenvalue weighted by Crippen LogP contribution is 2.43. The van der Waals surface area contributed by atoms with E-state index in [1.54, 1.807) is 0 Å².